The van der Waals surface area contributed by atoms with Crippen LogP contribution in [0.15, 0.2) is 35.5 Å². The molecule has 10 atom stereocenters. The number of ether oxygens (including phenoxy) is 5. The molecule has 5 rings (SSSR count). The maximum absolute atomic E-state index is 13.7. The van der Waals surface area contributed by atoms with E-state index >= 15 is 0 Å². The highest BCUT2D eigenvalue weighted by Crippen LogP contribution is 2.73. The second-order valence-corrected chi connectivity index (χ2v) is 15.6. The van der Waals surface area contributed by atoms with Crippen LogP contribution in [-0.4, -0.2) is 70.9 Å². The summed E-state index contributed by atoms with van der Waals surface area (Å²) in [5.74, 6) is -5.53. The summed E-state index contributed by atoms with van der Waals surface area (Å²) in [6, 6.07) is 0. The Kier molecular flexibility index (Phi) is 8.42. The summed E-state index contributed by atoms with van der Waals surface area (Å²) in [6.07, 6.45) is 2.53. The summed E-state index contributed by atoms with van der Waals surface area (Å²) in [6.45, 7) is 15.7. The first-order valence-electron chi connectivity index (χ1n) is 16.3. The zero-order valence-electron chi connectivity index (χ0n) is 29.2. The van der Waals surface area contributed by atoms with E-state index in [2.05, 4.69) is 0 Å². The molecule has 0 amide bonds. The van der Waals surface area contributed by atoms with Gasteiger partial charge in [-0.05, 0) is 44.1 Å². The van der Waals surface area contributed by atoms with Crippen LogP contribution >= 0.6 is 0 Å². The van der Waals surface area contributed by atoms with Crippen LogP contribution in [0.1, 0.15) is 82.1 Å². The molecule has 1 unspecified atom stereocenters. The largest absolute Gasteiger partial charge is 0.462 e. The third-order valence-corrected chi connectivity index (χ3v) is 11.7. The third-order valence-electron chi connectivity index (χ3n) is 11.7. The van der Waals surface area contributed by atoms with Crippen molar-refractivity contribution < 1.29 is 57.6 Å². The number of fused-ring (bicyclic) bond motifs is 5. The van der Waals surface area contributed by atoms with Gasteiger partial charge >= 0.3 is 29.8 Å². The van der Waals surface area contributed by atoms with Gasteiger partial charge in [0.25, 0.3) is 6.29 Å². The molecule has 0 bridgehead atoms. The van der Waals surface area contributed by atoms with Crippen LogP contribution in [0.5, 0.6) is 0 Å². The summed E-state index contributed by atoms with van der Waals surface area (Å²) >= 11 is 0. The topological polar surface area (TPSA) is 169 Å². The first-order chi connectivity index (χ1) is 22.0. The molecular formula is C36H46O12. The Morgan fingerprint density at radius 3 is 2.06 bits per heavy atom. The third kappa shape index (κ3) is 5.21. The first-order valence-corrected chi connectivity index (χ1v) is 16.3. The Morgan fingerprint density at radius 2 is 1.50 bits per heavy atom. The highest BCUT2D eigenvalue weighted by Gasteiger charge is 2.75. The van der Waals surface area contributed by atoms with Gasteiger partial charge in [-0.15, -0.1) is 0 Å². The Bertz CT molecular complexity index is 1560. The Morgan fingerprint density at radius 1 is 0.896 bits per heavy atom. The van der Waals surface area contributed by atoms with Gasteiger partial charge in [0.15, 0.2) is 11.4 Å². The number of carbonyl (C=O) groups is 6. The average Bonchev–Trinajstić information content (AvgIpc) is 3.48. The van der Waals surface area contributed by atoms with E-state index in [4.69, 9.17) is 23.7 Å². The summed E-state index contributed by atoms with van der Waals surface area (Å²) in [5, 5.41) is 10.8. The van der Waals surface area contributed by atoms with Gasteiger partial charge < -0.3 is 28.8 Å². The van der Waals surface area contributed by atoms with Gasteiger partial charge in [0, 0.05) is 60.5 Å². The fraction of sp³-hybridized carbons (Fsp3) is 0.667. The molecule has 0 aromatic rings. The van der Waals surface area contributed by atoms with E-state index in [1.54, 1.807) is 0 Å². The number of rotatable bonds is 6. The van der Waals surface area contributed by atoms with Crippen LogP contribution in [0.2, 0.25) is 0 Å². The lowest BCUT2D eigenvalue weighted by Gasteiger charge is -2.68. The predicted octanol–water partition coefficient (Wildman–Crippen LogP) is 3.68. The van der Waals surface area contributed by atoms with Crippen LogP contribution in [0.3, 0.4) is 0 Å². The molecule has 262 valence electrons. The number of ketones is 1. The second-order valence-electron chi connectivity index (χ2n) is 15.6. The van der Waals surface area contributed by atoms with E-state index in [1.807, 2.05) is 46.8 Å². The lowest BCUT2D eigenvalue weighted by atomic mass is 9.37. The molecule has 0 spiro atoms. The highest BCUT2D eigenvalue weighted by atomic mass is 16.7. The van der Waals surface area contributed by atoms with Crippen molar-refractivity contribution in [2.24, 2.45) is 39.4 Å². The number of carbonyl (C=O) groups excluding carboxylic acids is 6. The van der Waals surface area contributed by atoms with Crippen molar-refractivity contribution in [3.8, 4) is 0 Å². The average molecular weight is 671 g/mol. The zero-order chi connectivity index (χ0) is 35.9. The summed E-state index contributed by atoms with van der Waals surface area (Å²) < 4.78 is 29.4. The van der Waals surface area contributed by atoms with Crippen LogP contribution < -0.4 is 0 Å². The maximum atomic E-state index is 13.7. The van der Waals surface area contributed by atoms with Gasteiger partial charge in [0.05, 0.1) is 0 Å². The van der Waals surface area contributed by atoms with E-state index in [0.29, 0.717) is 5.57 Å². The summed E-state index contributed by atoms with van der Waals surface area (Å²) in [7, 11) is 0. The monoisotopic (exact) mass is 670 g/mol. The quantitative estimate of drug-likeness (QED) is 0.248. The summed E-state index contributed by atoms with van der Waals surface area (Å²) in [5.41, 5.74) is -5.03. The lowest BCUT2D eigenvalue weighted by Crippen LogP contribution is -2.72. The number of allylic oxidation sites excluding steroid dienone is 3. The predicted molar refractivity (Wildman–Crippen MR) is 167 cm³/mol. The number of hydrogen-bond donors (Lipinski definition) is 1. The molecule has 4 aliphatic carbocycles. The molecule has 12 nitrogen and oxygen atoms in total. The molecule has 0 radical (unpaired) electrons. The van der Waals surface area contributed by atoms with Crippen molar-refractivity contribution >= 4 is 35.6 Å². The van der Waals surface area contributed by atoms with Gasteiger partial charge in [-0.2, -0.15) is 0 Å². The van der Waals surface area contributed by atoms with Crippen LogP contribution in [-0.2, 0) is 52.5 Å². The molecular weight excluding hydrogens is 624 g/mol. The van der Waals surface area contributed by atoms with Crippen molar-refractivity contribution in [1.82, 2.24) is 0 Å². The minimum atomic E-state index is -1.94. The molecule has 5 aliphatic rings. The van der Waals surface area contributed by atoms with Gasteiger partial charge in [-0.1, -0.05) is 52.3 Å². The first kappa shape index (κ1) is 35.5. The van der Waals surface area contributed by atoms with E-state index in [0.717, 1.165) is 5.57 Å². The van der Waals surface area contributed by atoms with Crippen LogP contribution in [0.25, 0.3) is 0 Å². The number of aliphatic hydroxyl groups is 1. The molecule has 2 fully saturated rings. The second kappa shape index (κ2) is 11.4. The van der Waals surface area contributed by atoms with E-state index < -0.39 is 99.5 Å². The van der Waals surface area contributed by atoms with E-state index in [9.17, 15) is 33.9 Å². The maximum Gasteiger partial charge on any atom is 0.337 e. The molecule has 2 saturated carbocycles. The van der Waals surface area contributed by atoms with Crippen LogP contribution in [0.4, 0.5) is 0 Å². The van der Waals surface area contributed by atoms with Crippen molar-refractivity contribution in [2.75, 3.05) is 0 Å². The van der Waals surface area contributed by atoms with Crippen molar-refractivity contribution in [3.05, 3.63) is 35.5 Å². The highest BCUT2D eigenvalue weighted by molar-refractivity contribution is 5.96. The number of cyclic esters (lactones) is 1. The molecule has 12 heteroatoms. The van der Waals surface area contributed by atoms with Crippen molar-refractivity contribution in [3.63, 3.8) is 0 Å². The molecule has 0 aromatic carbocycles. The van der Waals surface area contributed by atoms with Gasteiger partial charge in [-0.25, -0.2) is 9.59 Å². The molecule has 1 heterocycles. The smallest absolute Gasteiger partial charge is 0.337 e. The van der Waals surface area contributed by atoms with Gasteiger partial charge in [0.1, 0.15) is 18.3 Å². The molecule has 1 N–H and O–H groups in total. The Hall–Kier alpha value is -3.80. The standard InChI is InChI=1S/C36H46O12/c1-17(37)44-25-16-23-32(4,5)24(40)13-14-34(23,8)28-27(48-31(42)33(6,7)43)29(45-18(2)38)35(9)21(11-12-22(35)36(25,28)10)20-15-26(41)47-30(20)46-19(3)39/h12-15,21,23,25,27-30,43H,11,16H2,1-10H3/t21-,23-,25+,27-,28+,29-,30?,34-,35-,36+/m0/s1. The molecule has 48 heavy (non-hydrogen) atoms. The number of esters is 5. The Labute approximate surface area is 280 Å². The lowest BCUT2D eigenvalue weighted by molar-refractivity contribution is -0.251. The molecule has 0 aromatic heterocycles. The minimum absolute atomic E-state index is 0.105. The molecule has 0 saturated heterocycles. The van der Waals surface area contributed by atoms with Gasteiger partial charge in [0.2, 0.25) is 0 Å². The normalized spacial score (nSPS) is 39.5. The summed E-state index contributed by atoms with van der Waals surface area (Å²) in [4.78, 5) is 77.5. The van der Waals surface area contributed by atoms with Crippen LogP contribution in [0, 0.1) is 39.4 Å². The zero-order valence-corrected chi connectivity index (χ0v) is 29.2. The van der Waals surface area contributed by atoms with Crippen molar-refractivity contribution in [1.29, 1.82) is 0 Å². The van der Waals surface area contributed by atoms with Crippen molar-refractivity contribution in [2.45, 2.75) is 112 Å². The SMILES string of the molecule is CC(=O)OC1OC(=O)C=C1[C@@H]1CC=C2[C@@]3(C)[C@H]([C@H](OC(=O)C(C)(C)O)[C@H](OC(C)=O)[C@]21C)[C@@]1(C)C=CC(=O)C(C)(C)[C@@H]1C[C@H]3OC(C)=O. The fourth-order valence-electron chi connectivity index (χ4n) is 9.84. The minimum Gasteiger partial charge on any atom is -0.462 e. The fourth-order valence-corrected chi connectivity index (χ4v) is 9.84. The number of hydrogen-bond acceptors (Lipinski definition) is 12. The van der Waals surface area contributed by atoms with E-state index in [-0.39, 0.29) is 18.6 Å². The molecule has 1 aliphatic heterocycles. The van der Waals surface area contributed by atoms with E-state index in [1.165, 1.54) is 46.8 Å². The Balaban J connectivity index is 1.82. The van der Waals surface area contributed by atoms with Gasteiger partial charge in [-0.3, -0.25) is 19.2 Å².